The van der Waals surface area contributed by atoms with Crippen LogP contribution in [0.1, 0.15) is 18.0 Å². The first-order chi connectivity index (χ1) is 10.3. The van der Waals surface area contributed by atoms with Gasteiger partial charge in [0.25, 0.3) is 0 Å². The predicted molar refractivity (Wildman–Crippen MR) is 87.3 cm³/mol. The molecule has 2 N–H and O–H groups in total. The number of benzene rings is 2. The molecule has 2 rings (SSSR count). The summed E-state index contributed by atoms with van der Waals surface area (Å²) in [6.07, 6.45) is 0.457. The molecule has 0 saturated carbocycles. The second kappa shape index (κ2) is 7.68. The Bertz CT molecular complexity index is 590. The molecule has 21 heavy (non-hydrogen) atoms. The van der Waals surface area contributed by atoms with Crippen LogP contribution in [0.2, 0.25) is 5.02 Å². The lowest BCUT2D eigenvalue weighted by atomic mass is 10.0. The molecule has 4 heteroatoms. The lowest BCUT2D eigenvalue weighted by Crippen LogP contribution is -2.34. The summed E-state index contributed by atoms with van der Waals surface area (Å²) in [5.41, 5.74) is 8.16. The van der Waals surface area contributed by atoms with Crippen LogP contribution < -0.4 is 10.6 Å². The van der Waals surface area contributed by atoms with Crippen LogP contribution in [0.4, 0.5) is 5.69 Å². The molecule has 0 aromatic heterocycles. The van der Waals surface area contributed by atoms with Crippen LogP contribution in [0.15, 0.2) is 54.6 Å². The SMILES string of the molecule is N#CCCN(c1ccccc1)C(CN)c1ccc(Cl)cc1. The minimum absolute atomic E-state index is 0.0259. The van der Waals surface area contributed by atoms with Crippen molar-refractivity contribution in [3.63, 3.8) is 0 Å². The Morgan fingerprint density at radius 3 is 2.33 bits per heavy atom. The van der Waals surface area contributed by atoms with Gasteiger partial charge in [-0.15, -0.1) is 0 Å². The number of nitrogens with two attached hydrogens (primary N) is 1. The minimum Gasteiger partial charge on any atom is -0.362 e. The van der Waals surface area contributed by atoms with Gasteiger partial charge in [-0.25, -0.2) is 0 Å². The molecule has 0 heterocycles. The summed E-state index contributed by atoms with van der Waals surface area (Å²) in [4.78, 5) is 2.17. The molecular weight excluding hydrogens is 282 g/mol. The van der Waals surface area contributed by atoms with Gasteiger partial charge in [-0.3, -0.25) is 0 Å². The first-order valence-electron chi connectivity index (χ1n) is 6.90. The smallest absolute Gasteiger partial charge is 0.0665 e. The zero-order valence-electron chi connectivity index (χ0n) is 11.7. The van der Waals surface area contributed by atoms with Crippen molar-refractivity contribution in [3.8, 4) is 6.07 Å². The van der Waals surface area contributed by atoms with Crippen molar-refractivity contribution < 1.29 is 0 Å². The lowest BCUT2D eigenvalue weighted by Gasteiger charge is -2.33. The molecule has 0 aliphatic carbocycles. The summed E-state index contributed by atoms with van der Waals surface area (Å²) in [5.74, 6) is 0. The van der Waals surface area contributed by atoms with E-state index in [-0.39, 0.29) is 6.04 Å². The zero-order valence-corrected chi connectivity index (χ0v) is 12.5. The molecule has 0 amide bonds. The fourth-order valence-electron chi connectivity index (χ4n) is 2.38. The van der Waals surface area contributed by atoms with E-state index in [1.54, 1.807) is 0 Å². The third-order valence-corrected chi connectivity index (χ3v) is 3.66. The molecule has 2 aromatic carbocycles. The third-order valence-electron chi connectivity index (χ3n) is 3.41. The summed E-state index contributed by atoms with van der Waals surface area (Å²) in [7, 11) is 0. The fourth-order valence-corrected chi connectivity index (χ4v) is 2.51. The van der Waals surface area contributed by atoms with E-state index in [4.69, 9.17) is 22.6 Å². The second-order valence-electron chi connectivity index (χ2n) is 4.74. The van der Waals surface area contributed by atoms with E-state index < -0.39 is 0 Å². The van der Waals surface area contributed by atoms with Gasteiger partial charge in [0.1, 0.15) is 0 Å². The first-order valence-corrected chi connectivity index (χ1v) is 7.28. The average Bonchev–Trinajstić information content (AvgIpc) is 2.53. The minimum atomic E-state index is 0.0259. The Hall–Kier alpha value is -2.02. The number of para-hydroxylation sites is 1. The number of hydrogen-bond donors (Lipinski definition) is 1. The van der Waals surface area contributed by atoms with Crippen LogP contribution in [0, 0.1) is 11.3 Å². The summed E-state index contributed by atoms with van der Waals surface area (Å²) in [5, 5.41) is 9.60. The maximum atomic E-state index is 8.90. The largest absolute Gasteiger partial charge is 0.362 e. The lowest BCUT2D eigenvalue weighted by molar-refractivity contribution is 0.631. The summed E-state index contributed by atoms with van der Waals surface area (Å²) >= 11 is 5.95. The van der Waals surface area contributed by atoms with Crippen molar-refractivity contribution >= 4 is 17.3 Å². The second-order valence-corrected chi connectivity index (χ2v) is 5.18. The van der Waals surface area contributed by atoms with E-state index in [2.05, 4.69) is 11.0 Å². The van der Waals surface area contributed by atoms with Crippen molar-refractivity contribution in [1.82, 2.24) is 0 Å². The first kappa shape index (κ1) is 15.4. The molecule has 2 aromatic rings. The number of rotatable bonds is 6. The van der Waals surface area contributed by atoms with Crippen LogP contribution in [-0.2, 0) is 0 Å². The van der Waals surface area contributed by atoms with Crippen molar-refractivity contribution in [2.24, 2.45) is 5.73 Å². The van der Waals surface area contributed by atoms with E-state index in [1.165, 1.54) is 0 Å². The Balaban J connectivity index is 2.33. The van der Waals surface area contributed by atoms with Crippen LogP contribution >= 0.6 is 11.6 Å². The average molecular weight is 300 g/mol. The van der Waals surface area contributed by atoms with Gasteiger partial charge in [0.05, 0.1) is 18.5 Å². The van der Waals surface area contributed by atoms with Gasteiger partial charge in [-0.2, -0.15) is 5.26 Å². The standard InChI is InChI=1S/C17H18ClN3/c18-15-9-7-14(8-10-15)17(13-20)21(12-4-11-19)16-5-2-1-3-6-16/h1-3,5-10,17H,4,12-13,20H2. The van der Waals surface area contributed by atoms with Crippen molar-refractivity contribution in [2.75, 3.05) is 18.0 Å². The highest BCUT2D eigenvalue weighted by molar-refractivity contribution is 6.30. The quantitative estimate of drug-likeness (QED) is 0.883. The van der Waals surface area contributed by atoms with Gasteiger partial charge < -0.3 is 10.6 Å². The van der Waals surface area contributed by atoms with Crippen LogP contribution in [-0.4, -0.2) is 13.1 Å². The summed E-state index contributed by atoms with van der Waals surface area (Å²) in [6, 6.07) is 20.0. The number of halogens is 1. The van der Waals surface area contributed by atoms with Gasteiger partial charge in [0.2, 0.25) is 0 Å². The van der Waals surface area contributed by atoms with Crippen LogP contribution in [0.25, 0.3) is 0 Å². The number of nitrogens with zero attached hydrogens (tertiary/aromatic N) is 2. The molecule has 0 bridgehead atoms. The molecule has 1 unspecified atom stereocenters. The molecule has 1 atom stereocenters. The molecule has 0 fully saturated rings. The number of anilines is 1. The molecule has 0 aliphatic heterocycles. The van der Waals surface area contributed by atoms with E-state index in [1.807, 2.05) is 54.6 Å². The van der Waals surface area contributed by atoms with E-state index in [0.29, 0.717) is 24.5 Å². The maximum absolute atomic E-state index is 8.90. The van der Waals surface area contributed by atoms with Gasteiger partial charge >= 0.3 is 0 Å². The zero-order chi connectivity index (χ0) is 15.1. The van der Waals surface area contributed by atoms with Crippen LogP contribution in [0.5, 0.6) is 0 Å². The highest BCUT2D eigenvalue weighted by atomic mass is 35.5. The Kier molecular flexibility index (Phi) is 5.62. The van der Waals surface area contributed by atoms with E-state index in [0.717, 1.165) is 11.3 Å². The Morgan fingerprint density at radius 2 is 1.76 bits per heavy atom. The molecule has 0 aliphatic rings. The van der Waals surface area contributed by atoms with Gasteiger partial charge in [-0.1, -0.05) is 41.9 Å². The molecule has 3 nitrogen and oxygen atoms in total. The van der Waals surface area contributed by atoms with Crippen molar-refractivity contribution in [2.45, 2.75) is 12.5 Å². The predicted octanol–water partition coefficient (Wildman–Crippen LogP) is 3.76. The topological polar surface area (TPSA) is 53.0 Å². The highest BCUT2D eigenvalue weighted by Crippen LogP contribution is 2.27. The molecular formula is C17H18ClN3. The van der Waals surface area contributed by atoms with Crippen molar-refractivity contribution in [3.05, 3.63) is 65.2 Å². The number of nitriles is 1. The molecule has 0 spiro atoms. The van der Waals surface area contributed by atoms with Crippen LogP contribution in [0.3, 0.4) is 0 Å². The van der Waals surface area contributed by atoms with Gasteiger partial charge in [-0.05, 0) is 29.8 Å². The molecule has 108 valence electrons. The van der Waals surface area contributed by atoms with Gasteiger partial charge in [0.15, 0.2) is 0 Å². The summed E-state index contributed by atoms with van der Waals surface area (Å²) in [6.45, 7) is 1.12. The normalized spacial score (nSPS) is 11.7. The van der Waals surface area contributed by atoms with Gasteiger partial charge in [0, 0.05) is 23.8 Å². The van der Waals surface area contributed by atoms with E-state index in [9.17, 15) is 0 Å². The van der Waals surface area contributed by atoms with Crippen molar-refractivity contribution in [1.29, 1.82) is 5.26 Å². The third kappa shape index (κ3) is 3.98. The molecule has 0 saturated heterocycles. The summed E-state index contributed by atoms with van der Waals surface area (Å²) < 4.78 is 0. The number of hydrogen-bond acceptors (Lipinski definition) is 3. The molecule has 0 radical (unpaired) electrons. The van der Waals surface area contributed by atoms with E-state index >= 15 is 0 Å². The Morgan fingerprint density at radius 1 is 1.10 bits per heavy atom. The Labute approximate surface area is 130 Å². The fraction of sp³-hybridized carbons (Fsp3) is 0.235. The highest BCUT2D eigenvalue weighted by Gasteiger charge is 2.19. The maximum Gasteiger partial charge on any atom is 0.0665 e. The monoisotopic (exact) mass is 299 g/mol.